The molecule has 0 radical (unpaired) electrons. The van der Waals surface area contributed by atoms with Crippen LogP contribution >= 0.6 is 0 Å². The standard InChI is InChI=1S/C17H19NO3/c1-2-20-17(19)15-9-8-14(18)12-16(15)21-11-10-13-6-4-3-5-7-13/h3-9,12H,2,10-11,18H2,1H3. The fourth-order valence-electron chi connectivity index (χ4n) is 1.96. The van der Waals surface area contributed by atoms with Crippen molar-refractivity contribution in [2.45, 2.75) is 13.3 Å². The Morgan fingerprint density at radius 2 is 1.90 bits per heavy atom. The number of nitrogen functional groups attached to an aromatic ring is 1. The third-order valence-corrected chi connectivity index (χ3v) is 2.99. The molecular formula is C17H19NO3. The Morgan fingerprint density at radius 3 is 2.62 bits per heavy atom. The normalized spacial score (nSPS) is 10.1. The Balaban J connectivity index is 2.04. The molecule has 2 aromatic carbocycles. The molecule has 4 heteroatoms. The van der Waals surface area contributed by atoms with Crippen molar-refractivity contribution in [3.05, 3.63) is 59.7 Å². The van der Waals surface area contributed by atoms with Gasteiger partial charge in [-0.3, -0.25) is 0 Å². The summed E-state index contributed by atoms with van der Waals surface area (Å²) >= 11 is 0. The Bertz CT molecular complexity index is 596. The van der Waals surface area contributed by atoms with E-state index in [1.807, 2.05) is 30.3 Å². The molecule has 0 saturated heterocycles. The highest BCUT2D eigenvalue weighted by Crippen LogP contribution is 2.23. The number of benzene rings is 2. The molecule has 2 aromatic rings. The van der Waals surface area contributed by atoms with Crippen LogP contribution in [0.1, 0.15) is 22.8 Å². The number of rotatable bonds is 6. The van der Waals surface area contributed by atoms with Gasteiger partial charge < -0.3 is 15.2 Å². The summed E-state index contributed by atoms with van der Waals surface area (Å²) in [5.74, 6) is 0.0663. The molecule has 0 unspecified atom stereocenters. The maximum atomic E-state index is 11.9. The van der Waals surface area contributed by atoms with Gasteiger partial charge in [0.05, 0.1) is 13.2 Å². The molecule has 0 amide bonds. The number of hydrogen-bond acceptors (Lipinski definition) is 4. The van der Waals surface area contributed by atoms with E-state index in [1.54, 1.807) is 25.1 Å². The lowest BCUT2D eigenvalue weighted by molar-refractivity contribution is 0.0522. The summed E-state index contributed by atoms with van der Waals surface area (Å²) < 4.78 is 10.7. The van der Waals surface area contributed by atoms with E-state index < -0.39 is 5.97 Å². The highest BCUT2D eigenvalue weighted by Gasteiger charge is 2.14. The van der Waals surface area contributed by atoms with Crippen LogP contribution in [-0.4, -0.2) is 19.2 Å². The van der Waals surface area contributed by atoms with Crippen LogP contribution < -0.4 is 10.5 Å². The number of ether oxygens (including phenoxy) is 2. The highest BCUT2D eigenvalue weighted by atomic mass is 16.5. The molecule has 0 aliphatic carbocycles. The van der Waals surface area contributed by atoms with Crippen molar-refractivity contribution in [3.63, 3.8) is 0 Å². The van der Waals surface area contributed by atoms with Gasteiger partial charge in [-0.25, -0.2) is 4.79 Å². The van der Waals surface area contributed by atoms with Gasteiger partial charge in [0, 0.05) is 18.2 Å². The van der Waals surface area contributed by atoms with E-state index in [4.69, 9.17) is 15.2 Å². The van der Waals surface area contributed by atoms with Crippen molar-refractivity contribution in [3.8, 4) is 5.75 Å². The fourth-order valence-corrected chi connectivity index (χ4v) is 1.96. The molecule has 0 saturated carbocycles. The monoisotopic (exact) mass is 285 g/mol. The van der Waals surface area contributed by atoms with Gasteiger partial charge in [0.1, 0.15) is 11.3 Å². The second kappa shape index (κ2) is 7.33. The average Bonchev–Trinajstić information content (AvgIpc) is 2.49. The van der Waals surface area contributed by atoms with Crippen molar-refractivity contribution in [2.24, 2.45) is 0 Å². The molecule has 0 spiro atoms. The third-order valence-electron chi connectivity index (χ3n) is 2.99. The Morgan fingerprint density at radius 1 is 1.14 bits per heavy atom. The first-order valence-electron chi connectivity index (χ1n) is 6.94. The molecule has 0 fully saturated rings. The molecule has 21 heavy (non-hydrogen) atoms. The van der Waals surface area contributed by atoms with E-state index in [0.29, 0.717) is 30.2 Å². The van der Waals surface area contributed by atoms with Gasteiger partial charge in [-0.05, 0) is 24.6 Å². The maximum Gasteiger partial charge on any atom is 0.341 e. The van der Waals surface area contributed by atoms with E-state index in [9.17, 15) is 4.79 Å². The van der Waals surface area contributed by atoms with Crippen LogP contribution in [0.3, 0.4) is 0 Å². The maximum absolute atomic E-state index is 11.9. The zero-order valence-corrected chi connectivity index (χ0v) is 12.0. The molecule has 2 N–H and O–H groups in total. The van der Waals surface area contributed by atoms with Crippen molar-refractivity contribution in [1.29, 1.82) is 0 Å². The summed E-state index contributed by atoms with van der Waals surface area (Å²) in [5.41, 5.74) is 7.89. The van der Waals surface area contributed by atoms with Gasteiger partial charge in [-0.15, -0.1) is 0 Å². The topological polar surface area (TPSA) is 61.5 Å². The predicted octanol–water partition coefficient (Wildman–Crippen LogP) is 3.07. The summed E-state index contributed by atoms with van der Waals surface area (Å²) in [5, 5.41) is 0. The van der Waals surface area contributed by atoms with Gasteiger partial charge in [0.2, 0.25) is 0 Å². The lowest BCUT2D eigenvalue weighted by Gasteiger charge is -2.11. The Kier molecular flexibility index (Phi) is 5.21. The second-order valence-corrected chi connectivity index (χ2v) is 4.56. The minimum Gasteiger partial charge on any atom is -0.492 e. The van der Waals surface area contributed by atoms with Crippen LogP contribution in [0.15, 0.2) is 48.5 Å². The number of anilines is 1. The second-order valence-electron chi connectivity index (χ2n) is 4.56. The lowest BCUT2D eigenvalue weighted by Crippen LogP contribution is -2.10. The number of nitrogens with two attached hydrogens (primary N) is 1. The summed E-state index contributed by atoms with van der Waals surface area (Å²) in [6, 6.07) is 15.0. The molecule has 2 rings (SSSR count). The number of carbonyl (C=O) groups is 1. The molecule has 0 aromatic heterocycles. The zero-order valence-electron chi connectivity index (χ0n) is 12.0. The molecule has 0 bridgehead atoms. The van der Waals surface area contributed by atoms with E-state index in [-0.39, 0.29) is 0 Å². The molecule has 0 heterocycles. The number of esters is 1. The van der Waals surface area contributed by atoms with Crippen molar-refractivity contribution >= 4 is 11.7 Å². The quantitative estimate of drug-likeness (QED) is 0.654. The molecule has 0 atom stereocenters. The van der Waals surface area contributed by atoms with Crippen LogP contribution in [0.2, 0.25) is 0 Å². The summed E-state index contributed by atoms with van der Waals surface area (Å²) in [7, 11) is 0. The molecular weight excluding hydrogens is 266 g/mol. The van der Waals surface area contributed by atoms with Crippen LogP contribution in [0.25, 0.3) is 0 Å². The van der Waals surface area contributed by atoms with Crippen molar-refractivity contribution in [2.75, 3.05) is 18.9 Å². The van der Waals surface area contributed by atoms with Gasteiger partial charge in [0.15, 0.2) is 0 Å². The van der Waals surface area contributed by atoms with Crippen molar-refractivity contribution in [1.82, 2.24) is 0 Å². The summed E-state index contributed by atoms with van der Waals surface area (Å²) in [6.45, 7) is 2.57. The van der Waals surface area contributed by atoms with E-state index in [2.05, 4.69) is 0 Å². The smallest absolute Gasteiger partial charge is 0.341 e. The van der Waals surface area contributed by atoms with Crippen molar-refractivity contribution < 1.29 is 14.3 Å². The lowest BCUT2D eigenvalue weighted by atomic mass is 10.1. The van der Waals surface area contributed by atoms with Gasteiger partial charge >= 0.3 is 5.97 Å². The summed E-state index contributed by atoms with van der Waals surface area (Å²) in [6.07, 6.45) is 0.762. The summed E-state index contributed by atoms with van der Waals surface area (Å²) in [4.78, 5) is 11.9. The zero-order chi connectivity index (χ0) is 15.1. The minimum absolute atomic E-state index is 0.326. The fraction of sp³-hybridized carbons (Fsp3) is 0.235. The first kappa shape index (κ1) is 14.9. The predicted molar refractivity (Wildman–Crippen MR) is 82.5 cm³/mol. The SMILES string of the molecule is CCOC(=O)c1ccc(N)cc1OCCc1ccccc1. The van der Waals surface area contributed by atoms with E-state index in [1.165, 1.54) is 5.56 Å². The molecule has 0 aliphatic heterocycles. The Hall–Kier alpha value is -2.49. The van der Waals surface area contributed by atoms with Crippen LogP contribution in [-0.2, 0) is 11.2 Å². The minimum atomic E-state index is -0.396. The van der Waals surface area contributed by atoms with Gasteiger partial charge in [-0.2, -0.15) is 0 Å². The number of carbonyl (C=O) groups excluding carboxylic acids is 1. The van der Waals surface area contributed by atoms with Crippen LogP contribution in [0, 0.1) is 0 Å². The number of hydrogen-bond donors (Lipinski definition) is 1. The molecule has 0 aliphatic rings. The largest absolute Gasteiger partial charge is 0.492 e. The van der Waals surface area contributed by atoms with Gasteiger partial charge in [-0.1, -0.05) is 30.3 Å². The average molecular weight is 285 g/mol. The van der Waals surface area contributed by atoms with E-state index in [0.717, 1.165) is 6.42 Å². The van der Waals surface area contributed by atoms with Crippen LogP contribution in [0.5, 0.6) is 5.75 Å². The van der Waals surface area contributed by atoms with E-state index >= 15 is 0 Å². The molecule has 4 nitrogen and oxygen atoms in total. The van der Waals surface area contributed by atoms with Gasteiger partial charge in [0.25, 0.3) is 0 Å². The highest BCUT2D eigenvalue weighted by molar-refractivity contribution is 5.93. The van der Waals surface area contributed by atoms with Crippen LogP contribution in [0.4, 0.5) is 5.69 Å². The third kappa shape index (κ3) is 4.24. The molecule has 110 valence electrons. The Labute approximate surface area is 124 Å². The first-order valence-corrected chi connectivity index (χ1v) is 6.94. The first-order chi connectivity index (χ1) is 10.2.